The largest absolute Gasteiger partial charge is 0.368 e. The van der Waals surface area contributed by atoms with E-state index in [0.717, 1.165) is 19.4 Å². The molecule has 1 fully saturated rings. The summed E-state index contributed by atoms with van der Waals surface area (Å²) in [5, 5.41) is 3.11. The first-order chi connectivity index (χ1) is 5.24. The summed E-state index contributed by atoms with van der Waals surface area (Å²) in [7, 11) is 0. The van der Waals surface area contributed by atoms with Crippen LogP contribution in [0.5, 0.6) is 0 Å². The van der Waals surface area contributed by atoms with Crippen LogP contribution in [0.4, 0.5) is 0 Å². The number of amides is 1. The Labute approximate surface area is 67.3 Å². The number of nitrogens with one attached hydrogen (secondary N) is 1. The molecule has 1 aliphatic heterocycles. The Bertz CT molecular complexity index is 147. The second-order valence-corrected chi connectivity index (χ2v) is 3.21. The summed E-state index contributed by atoms with van der Waals surface area (Å²) in [6.07, 6.45) is 3.26. The van der Waals surface area contributed by atoms with Gasteiger partial charge >= 0.3 is 0 Å². The van der Waals surface area contributed by atoms with Crippen molar-refractivity contribution in [1.82, 2.24) is 5.32 Å². The summed E-state index contributed by atoms with van der Waals surface area (Å²) in [5.74, 6) is 0.483. The highest BCUT2D eigenvalue weighted by Crippen LogP contribution is 2.18. The molecule has 1 heterocycles. The molecule has 0 spiro atoms. The predicted octanol–water partition coefficient (Wildman–Crippen LogP) is 0.250. The summed E-state index contributed by atoms with van der Waals surface area (Å²) in [4.78, 5) is 10.8. The highest BCUT2D eigenvalue weighted by atomic mass is 16.1. The average molecular weight is 156 g/mol. The third-order valence-corrected chi connectivity index (χ3v) is 2.43. The molecule has 2 unspecified atom stereocenters. The van der Waals surface area contributed by atoms with Crippen LogP contribution in [0.15, 0.2) is 0 Å². The first-order valence-corrected chi connectivity index (χ1v) is 4.26. The van der Waals surface area contributed by atoms with Gasteiger partial charge in [-0.05, 0) is 25.3 Å². The highest BCUT2D eigenvalue weighted by molar-refractivity contribution is 5.79. The van der Waals surface area contributed by atoms with Gasteiger partial charge in [0.2, 0.25) is 5.91 Å². The van der Waals surface area contributed by atoms with Gasteiger partial charge < -0.3 is 11.1 Å². The first kappa shape index (κ1) is 8.53. The van der Waals surface area contributed by atoms with E-state index in [1.54, 1.807) is 0 Å². The van der Waals surface area contributed by atoms with E-state index in [-0.39, 0.29) is 11.9 Å². The molecule has 0 aliphatic carbocycles. The van der Waals surface area contributed by atoms with Gasteiger partial charge in [-0.3, -0.25) is 4.79 Å². The van der Waals surface area contributed by atoms with Crippen molar-refractivity contribution in [3.63, 3.8) is 0 Å². The molecule has 1 saturated heterocycles. The third-order valence-electron chi connectivity index (χ3n) is 2.43. The van der Waals surface area contributed by atoms with Crippen LogP contribution in [0, 0.1) is 5.92 Å². The Morgan fingerprint density at radius 2 is 2.45 bits per heavy atom. The maximum absolute atomic E-state index is 10.8. The summed E-state index contributed by atoms with van der Waals surface area (Å²) in [5.41, 5.74) is 5.18. The van der Waals surface area contributed by atoms with Crippen molar-refractivity contribution in [3.05, 3.63) is 0 Å². The van der Waals surface area contributed by atoms with E-state index in [2.05, 4.69) is 12.2 Å². The van der Waals surface area contributed by atoms with Gasteiger partial charge in [0.25, 0.3) is 0 Å². The average Bonchev–Trinajstić information content (AvgIpc) is 2.05. The number of piperidine rings is 1. The molecule has 3 N–H and O–H groups in total. The van der Waals surface area contributed by atoms with E-state index >= 15 is 0 Å². The van der Waals surface area contributed by atoms with Gasteiger partial charge in [-0.1, -0.05) is 13.3 Å². The molecular formula is C8H16N2O. The van der Waals surface area contributed by atoms with Gasteiger partial charge in [0.05, 0.1) is 6.04 Å². The van der Waals surface area contributed by atoms with E-state index in [4.69, 9.17) is 5.73 Å². The van der Waals surface area contributed by atoms with Crippen molar-refractivity contribution in [2.45, 2.75) is 32.2 Å². The zero-order valence-electron chi connectivity index (χ0n) is 6.97. The molecular weight excluding hydrogens is 140 g/mol. The zero-order chi connectivity index (χ0) is 8.27. The Morgan fingerprint density at radius 3 is 3.00 bits per heavy atom. The lowest BCUT2D eigenvalue weighted by Gasteiger charge is -2.27. The van der Waals surface area contributed by atoms with E-state index in [0.29, 0.717) is 5.92 Å². The normalized spacial score (nSPS) is 31.7. The molecule has 0 aromatic rings. The van der Waals surface area contributed by atoms with Crippen LogP contribution in [-0.2, 0) is 4.79 Å². The fourth-order valence-electron chi connectivity index (χ4n) is 1.58. The SMILES string of the molecule is CCC1CCNC(C(N)=O)C1. The molecule has 0 saturated carbocycles. The van der Waals surface area contributed by atoms with Gasteiger partial charge in [0, 0.05) is 0 Å². The van der Waals surface area contributed by atoms with Crippen LogP contribution in [0.3, 0.4) is 0 Å². The molecule has 3 nitrogen and oxygen atoms in total. The first-order valence-electron chi connectivity index (χ1n) is 4.26. The van der Waals surface area contributed by atoms with Crippen LogP contribution in [0.1, 0.15) is 26.2 Å². The number of hydrogen-bond donors (Lipinski definition) is 2. The summed E-state index contributed by atoms with van der Waals surface area (Å²) < 4.78 is 0. The second-order valence-electron chi connectivity index (χ2n) is 3.21. The predicted molar refractivity (Wildman–Crippen MR) is 44.0 cm³/mol. The van der Waals surface area contributed by atoms with E-state index in [9.17, 15) is 4.79 Å². The molecule has 11 heavy (non-hydrogen) atoms. The van der Waals surface area contributed by atoms with E-state index in [1.807, 2.05) is 0 Å². The molecule has 1 amide bonds. The monoisotopic (exact) mass is 156 g/mol. The highest BCUT2D eigenvalue weighted by Gasteiger charge is 2.23. The maximum atomic E-state index is 10.8. The number of rotatable bonds is 2. The Hall–Kier alpha value is -0.570. The standard InChI is InChI=1S/C8H16N2O/c1-2-6-3-4-10-7(5-6)8(9)11/h6-7,10H,2-5H2,1H3,(H2,9,11). The molecule has 0 aromatic carbocycles. The number of hydrogen-bond acceptors (Lipinski definition) is 2. The van der Waals surface area contributed by atoms with Crippen molar-refractivity contribution >= 4 is 5.91 Å². The molecule has 0 aromatic heterocycles. The fraction of sp³-hybridized carbons (Fsp3) is 0.875. The fourth-order valence-corrected chi connectivity index (χ4v) is 1.58. The van der Waals surface area contributed by atoms with Crippen molar-refractivity contribution in [2.24, 2.45) is 11.7 Å². The van der Waals surface area contributed by atoms with Gasteiger partial charge in [0.15, 0.2) is 0 Å². The molecule has 1 aliphatic rings. The molecule has 1 rings (SSSR count). The second kappa shape index (κ2) is 3.72. The van der Waals surface area contributed by atoms with Gasteiger partial charge in [0.1, 0.15) is 0 Å². The number of carbonyl (C=O) groups excluding carboxylic acids is 1. The van der Waals surface area contributed by atoms with Crippen LogP contribution < -0.4 is 11.1 Å². The topological polar surface area (TPSA) is 55.1 Å². The van der Waals surface area contributed by atoms with Crippen molar-refractivity contribution in [1.29, 1.82) is 0 Å². The van der Waals surface area contributed by atoms with E-state index in [1.165, 1.54) is 6.42 Å². The molecule has 2 atom stereocenters. The Kier molecular flexibility index (Phi) is 2.88. The lowest BCUT2D eigenvalue weighted by Crippen LogP contribution is -2.46. The smallest absolute Gasteiger partial charge is 0.234 e. The van der Waals surface area contributed by atoms with Crippen molar-refractivity contribution < 1.29 is 4.79 Å². The lowest BCUT2D eigenvalue weighted by atomic mass is 9.90. The van der Waals surface area contributed by atoms with Gasteiger partial charge in [-0.15, -0.1) is 0 Å². The van der Waals surface area contributed by atoms with Crippen molar-refractivity contribution in [2.75, 3.05) is 6.54 Å². The van der Waals surface area contributed by atoms with Crippen LogP contribution >= 0.6 is 0 Å². The summed E-state index contributed by atoms with van der Waals surface area (Å²) >= 11 is 0. The molecule has 3 heteroatoms. The van der Waals surface area contributed by atoms with Gasteiger partial charge in [-0.25, -0.2) is 0 Å². The minimum absolute atomic E-state index is 0.0753. The summed E-state index contributed by atoms with van der Waals surface area (Å²) in [6.45, 7) is 3.10. The van der Waals surface area contributed by atoms with Crippen LogP contribution in [-0.4, -0.2) is 18.5 Å². The molecule has 0 radical (unpaired) electrons. The Balaban J connectivity index is 2.39. The lowest BCUT2D eigenvalue weighted by molar-refractivity contribution is -0.120. The minimum Gasteiger partial charge on any atom is -0.368 e. The van der Waals surface area contributed by atoms with Crippen molar-refractivity contribution in [3.8, 4) is 0 Å². The van der Waals surface area contributed by atoms with E-state index < -0.39 is 0 Å². The van der Waals surface area contributed by atoms with Gasteiger partial charge in [-0.2, -0.15) is 0 Å². The summed E-state index contributed by atoms with van der Waals surface area (Å²) in [6, 6.07) is -0.0753. The van der Waals surface area contributed by atoms with Crippen LogP contribution in [0.25, 0.3) is 0 Å². The van der Waals surface area contributed by atoms with Crippen LogP contribution in [0.2, 0.25) is 0 Å². The number of carbonyl (C=O) groups is 1. The quantitative estimate of drug-likeness (QED) is 0.602. The minimum atomic E-state index is -0.205. The molecule has 64 valence electrons. The maximum Gasteiger partial charge on any atom is 0.234 e. The Morgan fingerprint density at radius 1 is 1.73 bits per heavy atom. The third kappa shape index (κ3) is 2.19. The zero-order valence-corrected chi connectivity index (χ0v) is 6.97. The number of nitrogens with two attached hydrogens (primary N) is 1. The molecule has 0 bridgehead atoms. The number of primary amides is 1.